The van der Waals surface area contributed by atoms with Crippen LogP contribution in [-0.4, -0.2) is 39.3 Å². The van der Waals surface area contributed by atoms with Crippen LogP contribution in [0, 0.1) is 0 Å². The normalized spacial score (nSPS) is 14.2. The minimum atomic E-state index is -1.52. The van der Waals surface area contributed by atoms with Gasteiger partial charge in [-0.05, 0) is 19.1 Å². The number of rotatable bonds is 3. The maximum Gasteiger partial charge on any atom is 0.237 e. The number of hydrogen-bond acceptors (Lipinski definition) is 4. The smallest absolute Gasteiger partial charge is 0.237 e. The molecular formula is C10H15N3O2S. The predicted molar refractivity (Wildman–Crippen MR) is 63.2 cm³/mol. The SMILES string of the molecule is CC(C(=O)N(C)C)S(=O)c1ncccc1N. The molecule has 6 heteroatoms. The second kappa shape index (κ2) is 5.07. The Morgan fingerprint density at radius 3 is 2.69 bits per heavy atom. The summed E-state index contributed by atoms with van der Waals surface area (Å²) in [6.07, 6.45) is 1.51. The Morgan fingerprint density at radius 1 is 1.56 bits per heavy atom. The van der Waals surface area contributed by atoms with E-state index in [1.807, 2.05) is 0 Å². The van der Waals surface area contributed by atoms with Crippen LogP contribution in [0.3, 0.4) is 0 Å². The van der Waals surface area contributed by atoms with Gasteiger partial charge in [-0.3, -0.25) is 9.00 Å². The van der Waals surface area contributed by atoms with Gasteiger partial charge in [-0.15, -0.1) is 0 Å². The van der Waals surface area contributed by atoms with Gasteiger partial charge in [0.05, 0.1) is 16.5 Å². The number of amides is 1. The van der Waals surface area contributed by atoms with Crippen molar-refractivity contribution >= 4 is 22.4 Å². The first-order valence-electron chi connectivity index (χ1n) is 4.77. The summed E-state index contributed by atoms with van der Waals surface area (Å²) >= 11 is 0. The minimum absolute atomic E-state index is 0.205. The van der Waals surface area contributed by atoms with Gasteiger partial charge in [-0.2, -0.15) is 0 Å². The third-order valence-corrected chi connectivity index (χ3v) is 3.67. The summed E-state index contributed by atoms with van der Waals surface area (Å²) in [6.45, 7) is 1.60. The average molecular weight is 241 g/mol. The zero-order valence-electron chi connectivity index (χ0n) is 9.51. The Morgan fingerprint density at radius 2 is 2.19 bits per heavy atom. The topological polar surface area (TPSA) is 76.3 Å². The van der Waals surface area contributed by atoms with E-state index in [2.05, 4.69) is 4.98 Å². The molecule has 0 bridgehead atoms. The molecule has 0 saturated heterocycles. The molecule has 16 heavy (non-hydrogen) atoms. The Bertz CT molecular complexity index is 420. The van der Waals surface area contributed by atoms with Crippen LogP contribution in [0.1, 0.15) is 6.92 Å². The summed E-state index contributed by atoms with van der Waals surface area (Å²) in [7, 11) is 1.73. The van der Waals surface area contributed by atoms with Crippen molar-refractivity contribution in [2.45, 2.75) is 17.2 Å². The molecule has 0 aromatic carbocycles. The first kappa shape index (κ1) is 12.6. The molecule has 0 fully saturated rings. The number of carbonyl (C=O) groups is 1. The van der Waals surface area contributed by atoms with Crippen molar-refractivity contribution in [3.05, 3.63) is 18.3 Å². The van der Waals surface area contributed by atoms with Gasteiger partial charge < -0.3 is 10.6 Å². The van der Waals surface area contributed by atoms with E-state index in [0.717, 1.165) is 0 Å². The highest BCUT2D eigenvalue weighted by Gasteiger charge is 2.24. The first-order chi connectivity index (χ1) is 7.45. The molecule has 1 heterocycles. The van der Waals surface area contributed by atoms with E-state index < -0.39 is 16.0 Å². The lowest BCUT2D eigenvalue weighted by molar-refractivity contribution is -0.127. The standard InChI is InChI=1S/C10H15N3O2S/c1-7(10(14)13(2)3)16(15)9-8(11)5-4-6-12-9/h4-7H,11H2,1-3H3. The average Bonchev–Trinajstić information content (AvgIpc) is 2.26. The molecule has 2 N–H and O–H groups in total. The van der Waals surface area contributed by atoms with E-state index in [1.165, 1.54) is 11.1 Å². The van der Waals surface area contributed by atoms with Crippen LogP contribution in [0.15, 0.2) is 23.4 Å². The Kier molecular flexibility index (Phi) is 4.00. The fourth-order valence-corrected chi connectivity index (χ4v) is 2.39. The summed E-state index contributed by atoms with van der Waals surface area (Å²) in [5.74, 6) is -0.205. The lowest BCUT2D eigenvalue weighted by atomic mass is 10.4. The van der Waals surface area contributed by atoms with Gasteiger partial charge in [0.1, 0.15) is 5.25 Å². The molecule has 1 rings (SSSR count). The third-order valence-electron chi connectivity index (χ3n) is 2.10. The van der Waals surface area contributed by atoms with Crippen LogP contribution in [0.2, 0.25) is 0 Å². The first-order valence-corrected chi connectivity index (χ1v) is 5.98. The Balaban J connectivity index is 2.95. The number of anilines is 1. The van der Waals surface area contributed by atoms with Gasteiger partial charge in [-0.25, -0.2) is 4.98 Å². The van der Waals surface area contributed by atoms with Crippen LogP contribution < -0.4 is 5.73 Å². The zero-order chi connectivity index (χ0) is 12.3. The van der Waals surface area contributed by atoms with Crippen LogP contribution in [0.5, 0.6) is 0 Å². The molecule has 5 nitrogen and oxygen atoms in total. The number of nitrogen functional groups attached to an aromatic ring is 1. The van der Waals surface area contributed by atoms with Crippen molar-refractivity contribution in [3.8, 4) is 0 Å². The fraction of sp³-hybridized carbons (Fsp3) is 0.400. The van der Waals surface area contributed by atoms with E-state index in [-0.39, 0.29) is 10.9 Å². The molecule has 1 amide bonds. The molecule has 0 aliphatic heterocycles. The molecular weight excluding hydrogens is 226 g/mol. The summed E-state index contributed by atoms with van der Waals surface area (Å²) in [5.41, 5.74) is 6.00. The van der Waals surface area contributed by atoms with Gasteiger partial charge in [0, 0.05) is 20.3 Å². The molecule has 0 aliphatic carbocycles. The molecule has 0 aliphatic rings. The summed E-state index contributed by atoms with van der Waals surface area (Å²) in [4.78, 5) is 17.0. The van der Waals surface area contributed by atoms with E-state index in [0.29, 0.717) is 5.69 Å². The van der Waals surface area contributed by atoms with E-state index in [9.17, 15) is 9.00 Å². The third kappa shape index (κ3) is 2.57. The maximum atomic E-state index is 12.0. The van der Waals surface area contributed by atoms with Gasteiger partial charge in [0.15, 0.2) is 5.03 Å². The van der Waals surface area contributed by atoms with Crippen LogP contribution in [0.25, 0.3) is 0 Å². The number of carbonyl (C=O) groups excluding carboxylic acids is 1. The largest absolute Gasteiger partial charge is 0.396 e. The molecule has 2 unspecified atom stereocenters. The molecule has 0 spiro atoms. The highest BCUT2D eigenvalue weighted by atomic mass is 32.2. The van der Waals surface area contributed by atoms with Gasteiger partial charge in [0.25, 0.3) is 0 Å². The molecule has 2 atom stereocenters. The highest BCUT2D eigenvalue weighted by molar-refractivity contribution is 7.86. The zero-order valence-corrected chi connectivity index (χ0v) is 10.3. The molecule has 0 saturated carbocycles. The number of nitrogens with two attached hydrogens (primary N) is 1. The molecule has 88 valence electrons. The van der Waals surface area contributed by atoms with E-state index >= 15 is 0 Å². The predicted octanol–water partition coefficient (Wildman–Crippen LogP) is 0.248. The summed E-state index contributed by atoms with van der Waals surface area (Å²) in [5, 5.41) is -0.377. The van der Waals surface area contributed by atoms with E-state index in [4.69, 9.17) is 5.73 Å². The number of pyridine rings is 1. The van der Waals surface area contributed by atoms with Crippen LogP contribution >= 0.6 is 0 Å². The Hall–Kier alpha value is -1.43. The lowest BCUT2D eigenvalue weighted by Crippen LogP contribution is -2.34. The highest BCUT2D eigenvalue weighted by Crippen LogP contribution is 2.16. The van der Waals surface area contributed by atoms with Crippen molar-refractivity contribution in [3.63, 3.8) is 0 Å². The van der Waals surface area contributed by atoms with Crippen molar-refractivity contribution in [2.75, 3.05) is 19.8 Å². The van der Waals surface area contributed by atoms with E-state index in [1.54, 1.807) is 33.2 Å². The van der Waals surface area contributed by atoms with Crippen molar-refractivity contribution < 1.29 is 9.00 Å². The number of hydrogen-bond donors (Lipinski definition) is 1. The second-order valence-electron chi connectivity index (χ2n) is 3.57. The molecule has 1 aromatic heterocycles. The van der Waals surface area contributed by atoms with Crippen molar-refractivity contribution in [1.29, 1.82) is 0 Å². The minimum Gasteiger partial charge on any atom is -0.396 e. The van der Waals surface area contributed by atoms with Crippen molar-refractivity contribution in [1.82, 2.24) is 9.88 Å². The maximum absolute atomic E-state index is 12.0. The van der Waals surface area contributed by atoms with Gasteiger partial charge in [0.2, 0.25) is 5.91 Å². The number of nitrogens with zero attached hydrogens (tertiary/aromatic N) is 2. The fourth-order valence-electron chi connectivity index (χ4n) is 1.19. The Labute approximate surface area is 97.1 Å². The van der Waals surface area contributed by atoms with Crippen LogP contribution in [-0.2, 0) is 15.6 Å². The van der Waals surface area contributed by atoms with Crippen LogP contribution in [0.4, 0.5) is 5.69 Å². The number of aromatic nitrogens is 1. The van der Waals surface area contributed by atoms with Crippen molar-refractivity contribution in [2.24, 2.45) is 0 Å². The van der Waals surface area contributed by atoms with Gasteiger partial charge >= 0.3 is 0 Å². The monoisotopic (exact) mass is 241 g/mol. The lowest BCUT2D eigenvalue weighted by Gasteiger charge is -2.16. The molecule has 0 radical (unpaired) electrons. The quantitative estimate of drug-likeness (QED) is 0.823. The second-order valence-corrected chi connectivity index (χ2v) is 5.26. The van der Waals surface area contributed by atoms with Gasteiger partial charge in [-0.1, -0.05) is 0 Å². The summed E-state index contributed by atoms with van der Waals surface area (Å²) < 4.78 is 12.0. The molecule has 1 aromatic rings. The summed E-state index contributed by atoms with van der Waals surface area (Å²) in [6, 6.07) is 3.28.